The Bertz CT molecular complexity index is 184. The average Bonchev–Trinajstić information content (AvgIpc) is 2.00. The van der Waals surface area contributed by atoms with Crippen LogP contribution < -0.4 is 5.32 Å². The Morgan fingerprint density at radius 3 is 2.38 bits per heavy atom. The van der Waals surface area contributed by atoms with E-state index in [1.165, 1.54) is 7.11 Å². The molecule has 1 N–H and O–H groups in total. The van der Waals surface area contributed by atoms with Gasteiger partial charge >= 0.3 is 5.97 Å². The molecule has 0 saturated heterocycles. The molecule has 0 radical (unpaired) electrons. The van der Waals surface area contributed by atoms with Gasteiger partial charge in [-0.05, 0) is 11.8 Å². The molecule has 0 fully saturated rings. The first-order chi connectivity index (χ1) is 5.90. The summed E-state index contributed by atoms with van der Waals surface area (Å²) in [6.07, 6.45) is 1.09. The third kappa shape index (κ3) is 5.22. The zero-order valence-electron chi connectivity index (χ0n) is 8.59. The van der Waals surface area contributed by atoms with Gasteiger partial charge < -0.3 is 10.1 Å². The normalized spacial score (nSPS) is 13.2. The third-order valence-corrected chi connectivity index (χ3v) is 1.57. The van der Waals surface area contributed by atoms with E-state index in [0.717, 1.165) is 0 Å². The first kappa shape index (κ1) is 11.9. The van der Waals surface area contributed by atoms with Crippen molar-refractivity contribution in [3.05, 3.63) is 0 Å². The molecule has 0 aliphatic rings. The van der Waals surface area contributed by atoms with Crippen molar-refractivity contribution in [2.45, 2.75) is 33.2 Å². The molecule has 0 aromatic rings. The minimum atomic E-state index is -0.539. The summed E-state index contributed by atoms with van der Waals surface area (Å²) in [6.45, 7) is 5.99. The topological polar surface area (TPSA) is 55.4 Å². The molecule has 0 unspecified atom stereocenters. The van der Waals surface area contributed by atoms with Crippen LogP contribution in [-0.4, -0.2) is 25.5 Å². The van der Waals surface area contributed by atoms with Gasteiger partial charge in [-0.1, -0.05) is 20.8 Å². The van der Waals surface area contributed by atoms with Crippen molar-refractivity contribution < 1.29 is 14.3 Å². The molecular formula is C9H17NO3. The Hall–Kier alpha value is -1.06. The van der Waals surface area contributed by atoms with Gasteiger partial charge in [-0.15, -0.1) is 0 Å². The number of carbonyl (C=O) groups excluding carboxylic acids is 2. The van der Waals surface area contributed by atoms with E-state index in [2.05, 4.69) is 10.1 Å². The van der Waals surface area contributed by atoms with E-state index in [1.54, 1.807) is 0 Å². The van der Waals surface area contributed by atoms with Crippen LogP contribution in [0.15, 0.2) is 0 Å². The standard InChI is InChI=1S/C9H17NO3/c1-9(2,3)5-7(10-6-11)8(12)13-4/h6-7H,5H2,1-4H3,(H,10,11)/t7-/m0/s1. The van der Waals surface area contributed by atoms with Crippen LogP contribution in [-0.2, 0) is 14.3 Å². The summed E-state index contributed by atoms with van der Waals surface area (Å²) in [5.41, 5.74) is -0.0190. The van der Waals surface area contributed by atoms with E-state index in [0.29, 0.717) is 12.8 Å². The Balaban J connectivity index is 4.25. The maximum atomic E-state index is 11.1. The number of nitrogens with one attached hydrogen (secondary N) is 1. The van der Waals surface area contributed by atoms with Gasteiger partial charge in [0.05, 0.1) is 7.11 Å². The van der Waals surface area contributed by atoms with E-state index in [9.17, 15) is 9.59 Å². The van der Waals surface area contributed by atoms with Crippen molar-refractivity contribution >= 4 is 12.4 Å². The summed E-state index contributed by atoms with van der Waals surface area (Å²) >= 11 is 0. The van der Waals surface area contributed by atoms with Gasteiger partial charge in [0.2, 0.25) is 6.41 Å². The number of carbonyl (C=O) groups is 2. The summed E-state index contributed by atoms with van der Waals surface area (Å²) in [5.74, 6) is -0.401. The van der Waals surface area contributed by atoms with Crippen LogP contribution in [0.5, 0.6) is 0 Å². The van der Waals surface area contributed by atoms with Crippen molar-refractivity contribution in [2.24, 2.45) is 5.41 Å². The zero-order valence-corrected chi connectivity index (χ0v) is 8.59. The smallest absolute Gasteiger partial charge is 0.328 e. The highest BCUT2D eigenvalue weighted by molar-refractivity contribution is 5.78. The number of hydrogen-bond acceptors (Lipinski definition) is 3. The maximum absolute atomic E-state index is 11.1. The summed E-state index contributed by atoms with van der Waals surface area (Å²) in [4.78, 5) is 21.3. The molecule has 1 amide bonds. The highest BCUT2D eigenvalue weighted by Crippen LogP contribution is 2.20. The van der Waals surface area contributed by atoms with Gasteiger partial charge in [0, 0.05) is 0 Å². The van der Waals surface area contributed by atoms with Crippen LogP contribution in [0.2, 0.25) is 0 Å². The summed E-state index contributed by atoms with van der Waals surface area (Å²) in [6, 6.07) is -0.539. The third-order valence-electron chi connectivity index (χ3n) is 1.57. The van der Waals surface area contributed by atoms with E-state index < -0.39 is 12.0 Å². The quantitative estimate of drug-likeness (QED) is 0.521. The largest absolute Gasteiger partial charge is 0.467 e. The van der Waals surface area contributed by atoms with Crippen LogP contribution in [0.3, 0.4) is 0 Å². The molecule has 13 heavy (non-hydrogen) atoms. The molecule has 0 bridgehead atoms. The fraction of sp³-hybridized carbons (Fsp3) is 0.778. The van der Waals surface area contributed by atoms with Gasteiger partial charge in [-0.2, -0.15) is 0 Å². The van der Waals surface area contributed by atoms with Crippen molar-refractivity contribution in [3.8, 4) is 0 Å². The predicted octanol–water partition coefficient (Wildman–Crippen LogP) is 0.710. The highest BCUT2D eigenvalue weighted by atomic mass is 16.5. The van der Waals surface area contributed by atoms with Crippen LogP contribution in [0.4, 0.5) is 0 Å². The first-order valence-electron chi connectivity index (χ1n) is 4.18. The lowest BCUT2D eigenvalue weighted by atomic mass is 9.88. The number of amides is 1. The van der Waals surface area contributed by atoms with Crippen LogP contribution in [0, 0.1) is 5.41 Å². The van der Waals surface area contributed by atoms with Crippen LogP contribution in [0.25, 0.3) is 0 Å². The second-order valence-corrected chi connectivity index (χ2v) is 4.13. The molecule has 0 aliphatic carbocycles. The molecule has 0 saturated carbocycles. The minimum absolute atomic E-state index is 0.0190. The van der Waals surface area contributed by atoms with Crippen LogP contribution >= 0.6 is 0 Å². The Morgan fingerprint density at radius 1 is 1.54 bits per heavy atom. The van der Waals surface area contributed by atoms with Gasteiger partial charge in [0.1, 0.15) is 6.04 Å². The summed E-state index contributed by atoms with van der Waals surface area (Å²) < 4.78 is 4.55. The van der Waals surface area contributed by atoms with Gasteiger partial charge in [0.25, 0.3) is 0 Å². The van der Waals surface area contributed by atoms with Crippen LogP contribution in [0.1, 0.15) is 27.2 Å². The molecule has 4 nitrogen and oxygen atoms in total. The molecule has 0 aromatic heterocycles. The molecular weight excluding hydrogens is 170 g/mol. The summed E-state index contributed by atoms with van der Waals surface area (Å²) in [5, 5.41) is 2.43. The van der Waals surface area contributed by atoms with Crippen molar-refractivity contribution in [3.63, 3.8) is 0 Å². The van der Waals surface area contributed by atoms with E-state index in [-0.39, 0.29) is 5.41 Å². The minimum Gasteiger partial charge on any atom is -0.467 e. The second-order valence-electron chi connectivity index (χ2n) is 4.13. The van der Waals surface area contributed by atoms with E-state index >= 15 is 0 Å². The van der Waals surface area contributed by atoms with Crippen molar-refractivity contribution in [2.75, 3.05) is 7.11 Å². The zero-order chi connectivity index (χ0) is 10.5. The lowest BCUT2D eigenvalue weighted by molar-refractivity contribution is -0.144. The van der Waals surface area contributed by atoms with Gasteiger partial charge in [-0.3, -0.25) is 4.79 Å². The summed E-state index contributed by atoms with van der Waals surface area (Å²) in [7, 11) is 1.31. The molecule has 76 valence electrons. The Kier molecular flexibility index (Phi) is 4.45. The lowest BCUT2D eigenvalue weighted by Gasteiger charge is -2.23. The van der Waals surface area contributed by atoms with E-state index in [1.807, 2.05) is 20.8 Å². The highest BCUT2D eigenvalue weighted by Gasteiger charge is 2.24. The van der Waals surface area contributed by atoms with Crippen molar-refractivity contribution in [1.29, 1.82) is 0 Å². The number of ether oxygens (including phenoxy) is 1. The Morgan fingerprint density at radius 2 is 2.08 bits per heavy atom. The fourth-order valence-corrected chi connectivity index (χ4v) is 1.05. The number of methoxy groups -OCH3 is 1. The maximum Gasteiger partial charge on any atom is 0.328 e. The second kappa shape index (κ2) is 4.84. The molecule has 4 heteroatoms. The van der Waals surface area contributed by atoms with Crippen molar-refractivity contribution in [1.82, 2.24) is 5.32 Å². The number of hydrogen-bond donors (Lipinski definition) is 1. The Labute approximate surface area is 78.6 Å². The van der Waals surface area contributed by atoms with E-state index in [4.69, 9.17) is 0 Å². The number of esters is 1. The SMILES string of the molecule is COC(=O)[C@H](CC(C)(C)C)NC=O. The predicted molar refractivity (Wildman–Crippen MR) is 49.1 cm³/mol. The average molecular weight is 187 g/mol. The molecule has 0 heterocycles. The molecule has 0 aromatic carbocycles. The monoisotopic (exact) mass is 187 g/mol. The van der Waals surface area contributed by atoms with Gasteiger partial charge in [0.15, 0.2) is 0 Å². The fourth-order valence-electron chi connectivity index (χ4n) is 1.05. The lowest BCUT2D eigenvalue weighted by Crippen LogP contribution is -2.39. The molecule has 1 atom stereocenters. The number of rotatable bonds is 4. The first-order valence-corrected chi connectivity index (χ1v) is 4.18. The molecule has 0 aliphatic heterocycles. The molecule has 0 spiro atoms. The van der Waals surface area contributed by atoms with Gasteiger partial charge in [-0.25, -0.2) is 4.79 Å². The molecule has 0 rings (SSSR count).